The lowest BCUT2D eigenvalue weighted by molar-refractivity contribution is 0.0790. The fourth-order valence-electron chi connectivity index (χ4n) is 2.91. The maximum absolute atomic E-state index is 12.7. The highest BCUT2D eigenvalue weighted by molar-refractivity contribution is 7.90. The van der Waals surface area contributed by atoms with Gasteiger partial charge < -0.3 is 10.6 Å². The number of sulfone groups is 1. The molecule has 6 heteroatoms. The summed E-state index contributed by atoms with van der Waals surface area (Å²) in [4.78, 5) is 14.7. The molecule has 0 spiro atoms. The summed E-state index contributed by atoms with van der Waals surface area (Å²) >= 11 is 0. The number of hydrogen-bond donors (Lipinski definition) is 1. The lowest BCUT2D eigenvalue weighted by Gasteiger charge is -2.18. The molecule has 2 aromatic rings. The van der Waals surface area contributed by atoms with Crippen molar-refractivity contribution in [1.82, 2.24) is 4.90 Å². The zero-order valence-corrected chi connectivity index (χ0v) is 14.1. The van der Waals surface area contributed by atoms with Crippen molar-refractivity contribution >= 4 is 15.7 Å². The molecule has 0 aromatic heterocycles. The van der Waals surface area contributed by atoms with Gasteiger partial charge >= 0.3 is 0 Å². The van der Waals surface area contributed by atoms with Gasteiger partial charge in [-0.15, -0.1) is 0 Å². The van der Waals surface area contributed by atoms with Crippen molar-refractivity contribution in [3.05, 3.63) is 65.7 Å². The highest BCUT2D eigenvalue weighted by Gasteiger charge is 2.27. The van der Waals surface area contributed by atoms with Crippen molar-refractivity contribution in [2.24, 2.45) is 5.73 Å². The minimum atomic E-state index is -3.50. The number of carbonyl (C=O) groups excluding carboxylic acids is 1. The number of likely N-dealkylation sites (tertiary alicyclic amines) is 1. The molecule has 0 bridgehead atoms. The van der Waals surface area contributed by atoms with Crippen LogP contribution >= 0.6 is 0 Å². The Balaban J connectivity index is 1.89. The summed E-state index contributed by atoms with van der Waals surface area (Å²) in [6.45, 7) is 1.12. The molecular formula is C18H20N2O3S. The van der Waals surface area contributed by atoms with E-state index in [9.17, 15) is 13.2 Å². The van der Waals surface area contributed by atoms with Gasteiger partial charge in [0.25, 0.3) is 5.91 Å². The van der Waals surface area contributed by atoms with Crippen LogP contribution in [0.1, 0.15) is 22.3 Å². The van der Waals surface area contributed by atoms with Gasteiger partial charge in [0.1, 0.15) is 0 Å². The monoisotopic (exact) mass is 344 g/mol. The molecule has 1 atom stereocenters. The average molecular weight is 344 g/mol. The van der Waals surface area contributed by atoms with E-state index in [2.05, 4.69) is 0 Å². The summed E-state index contributed by atoms with van der Waals surface area (Å²) in [6, 6.07) is 15.2. The molecule has 0 saturated carbocycles. The van der Waals surface area contributed by atoms with Gasteiger partial charge in [-0.25, -0.2) is 8.42 Å². The van der Waals surface area contributed by atoms with Gasteiger partial charge in [0.2, 0.25) is 0 Å². The summed E-state index contributed by atoms with van der Waals surface area (Å²) in [7, 11) is -3.50. The molecule has 1 amide bonds. The van der Waals surface area contributed by atoms with E-state index in [-0.39, 0.29) is 22.6 Å². The van der Waals surface area contributed by atoms with E-state index in [1.807, 2.05) is 0 Å². The molecule has 2 aromatic carbocycles. The van der Waals surface area contributed by atoms with E-state index in [4.69, 9.17) is 5.73 Å². The third kappa shape index (κ3) is 3.49. The number of hydrogen-bond acceptors (Lipinski definition) is 4. The average Bonchev–Trinajstić information content (AvgIpc) is 3.02. The van der Waals surface area contributed by atoms with Crippen LogP contribution < -0.4 is 5.73 Å². The van der Waals surface area contributed by atoms with Gasteiger partial charge in [0, 0.05) is 24.7 Å². The van der Waals surface area contributed by atoms with Crippen LogP contribution in [0, 0.1) is 0 Å². The fraction of sp³-hybridized carbons (Fsp3) is 0.278. The van der Waals surface area contributed by atoms with Crippen molar-refractivity contribution in [2.75, 3.05) is 13.1 Å². The lowest BCUT2D eigenvalue weighted by atomic mass is 10.1. The SMILES string of the molecule is N[C@H]1CCN(C(=O)c2ccccc2CS(=O)(=O)c2ccccc2)C1. The Hall–Kier alpha value is -2.18. The second-order valence-electron chi connectivity index (χ2n) is 6.03. The van der Waals surface area contributed by atoms with Gasteiger partial charge in [0.15, 0.2) is 9.84 Å². The third-order valence-corrected chi connectivity index (χ3v) is 5.89. The normalized spacial score (nSPS) is 17.9. The smallest absolute Gasteiger partial charge is 0.254 e. The zero-order chi connectivity index (χ0) is 17.2. The Labute approximate surface area is 142 Å². The summed E-state index contributed by atoms with van der Waals surface area (Å²) in [5.41, 5.74) is 6.82. The van der Waals surface area contributed by atoms with Crippen molar-refractivity contribution < 1.29 is 13.2 Å². The molecule has 1 aliphatic rings. The second kappa shape index (κ2) is 6.75. The molecule has 1 fully saturated rings. The Morgan fingerprint density at radius 3 is 2.42 bits per heavy atom. The fourth-order valence-corrected chi connectivity index (χ4v) is 4.31. The molecule has 3 rings (SSSR count). The van der Waals surface area contributed by atoms with Gasteiger partial charge in [-0.3, -0.25) is 4.79 Å². The molecule has 1 aliphatic heterocycles. The number of nitrogens with two attached hydrogens (primary N) is 1. The molecule has 126 valence electrons. The molecule has 0 aliphatic carbocycles. The van der Waals surface area contributed by atoms with Crippen LogP contribution in [0.4, 0.5) is 0 Å². The van der Waals surface area contributed by atoms with Crippen LogP contribution in [-0.4, -0.2) is 38.4 Å². The molecule has 0 radical (unpaired) electrons. The lowest BCUT2D eigenvalue weighted by Crippen LogP contribution is -2.32. The minimum absolute atomic E-state index is 0.00540. The predicted octanol–water partition coefficient (Wildman–Crippen LogP) is 1.83. The van der Waals surface area contributed by atoms with Crippen molar-refractivity contribution in [1.29, 1.82) is 0 Å². The van der Waals surface area contributed by atoms with E-state index in [1.54, 1.807) is 59.5 Å². The number of nitrogens with zero attached hydrogens (tertiary/aromatic N) is 1. The summed E-state index contributed by atoms with van der Waals surface area (Å²) in [5.74, 6) is -0.347. The zero-order valence-electron chi connectivity index (χ0n) is 13.3. The third-order valence-electron chi connectivity index (χ3n) is 4.21. The van der Waals surface area contributed by atoms with Crippen LogP contribution in [0.5, 0.6) is 0 Å². The first-order valence-corrected chi connectivity index (χ1v) is 9.53. The van der Waals surface area contributed by atoms with Gasteiger partial charge in [-0.2, -0.15) is 0 Å². The Kier molecular flexibility index (Phi) is 4.69. The molecule has 1 heterocycles. The molecular weight excluding hydrogens is 324 g/mol. The first-order valence-electron chi connectivity index (χ1n) is 7.88. The maximum Gasteiger partial charge on any atom is 0.254 e. The molecule has 1 saturated heterocycles. The highest BCUT2D eigenvalue weighted by atomic mass is 32.2. The van der Waals surface area contributed by atoms with Crippen LogP contribution in [0.3, 0.4) is 0 Å². The number of carbonyl (C=O) groups is 1. The standard InChI is InChI=1S/C18H20N2O3S/c19-15-10-11-20(12-15)18(21)17-9-5-4-6-14(17)13-24(22,23)16-7-2-1-3-8-16/h1-9,15H,10-13,19H2/t15-/m0/s1. The van der Waals surface area contributed by atoms with Crippen LogP contribution in [-0.2, 0) is 15.6 Å². The maximum atomic E-state index is 12.7. The van der Waals surface area contributed by atoms with E-state index >= 15 is 0 Å². The van der Waals surface area contributed by atoms with Gasteiger partial charge in [0.05, 0.1) is 10.6 Å². The topological polar surface area (TPSA) is 80.5 Å². The second-order valence-corrected chi connectivity index (χ2v) is 8.02. The molecule has 24 heavy (non-hydrogen) atoms. The highest BCUT2D eigenvalue weighted by Crippen LogP contribution is 2.21. The van der Waals surface area contributed by atoms with Crippen LogP contribution in [0.25, 0.3) is 0 Å². The quantitative estimate of drug-likeness (QED) is 0.918. The number of amides is 1. The Bertz CT molecular complexity index is 834. The van der Waals surface area contributed by atoms with Gasteiger partial charge in [-0.05, 0) is 30.2 Å². The first-order chi connectivity index (χ1) is 11.5. The molecule has 0 unspecified atom stereocenters. The Morgan fingerprint density at radius 2 is 1.75 bits per heavy atom. The van der Waals surface area contributed by atoms with E-state index < -0.39 is 9.84 Å². The summed E-state index contributed by atoms with van der Waals surface area (Å²) in [6.07, 6.45) is 0.774. The van der Waals surface area contributed by atoms with Crippen LogP contribution in [0.2, 0.25) is 0 Å². The van der Waals surface area contributed by atoms with Crippen molar-refractivity contribution in [3.8, 4) is 0 Å². The Morgan fingerprint density at radius 1 is 1.08 bits per heavy atom. The first kappa shape index (κ1) is 16.7. The van der Waals surface area contributed by atoms with Crippen molar-refractivity contribution in [2.45, 2.75) is 23.1 Å². The van der Waals surface area contributed by atoms with Gasteiger partial charge in [-0.1, -0.05) is 36.4 Å². The molecule has 5 nitrogen and oxygen atoms in total. The van der Waals surface area contributed by atoms with E-state index in [1.165, 1.54) is 0 Å². The summed E-state index contributed by atoms with van der Waals surface area (Å²) < 4.78 is 25.2. The largest absolute Gasteiger partial charge is 0.337 e. The van der Waals surface area contributed by atoms with Crippen LogP contribution in [0.15, 0.2) is 59.5 Å². The number of benzene rings is 2. The van der Waals surface area contributed by atoms with E-state index in [0.29, 0.717) is 24.2 Å². The minimum Gasteiger partial charge on any atom is -0.337 e. The van der Waals surface area contributed by atoms with Crippen molar-refractivity contribution in [3.63, 3.8) is 0 Å². The summed E-state index contributed by atoms with van der Waals surface area (Å²) in [5, 5.41) is 0. The molecule has 2 N–H and O–H groups in total. The number of rotatable bonds is 4. The van der Waals surface area contributed by atoms with E-state index in [0.717, 1.165) is 6.42 Å². The predicted molar refractivity (Wildman–Crippen MR) is 92.3 cm³/mol.